The van der Waals surface area contributed by atoms with Crippen LogP contribution in [0.5, 0.6) is 0 Å². The summed E-state index contributed by atoms with van der Waals surface area (Å²) in [5, 5.41) is 0. The van der Waals surface area contributed by atoms with Gasteiger partial charge in [0.25, 0.3) is 10.1 Å². The maximum atomic E-state index is 12.0. The molecule has 0 aromatic heterocycles. The first-order chi connectivity index (χ1) is 11.4. The van der Waals surface area contributed by atoms with Gasteiger partial charge in [-0.15, -0.1) is 0 Å². The van der Waals surface area contributed by atoms with Crippen molar-refractivity contribution in [3.05, 3.63) is 42.0 Å². The van der Waals surface area contributed by atoms with Crippen molar-refractivity contribution in [2.75, 3.05) is 6.61 Å². The van der Waals surface area contributed by atoms with Gasteiger partial charge in [0, 0.05) is 0 Å². The second-order valence-corrected chi connectivity index (χ2v) is 7.58. The van der Waals surface area contributed by atoms with Crippen LogP contribution in [0.15, 0.2) is 41.3 Å². The van der Waals surface area contributed by atoms with Gasteiger partial charge in [-0.2, -0.15) is 8.42 Å². The van der Waals surface area contributed by atoms with Crippen LogP contribution in [0, 0.1) is 12.8 Å². The van der Waals surface area contributed by atoms with Crippen LogP contribution in [0.2, 0.25) is 0 Å². The summed E-state index contributed by atoms with van der Waals surface area (Å²) in [6, 6.07) is 6.53. The largest absolute Gasteiger partial charge is 0.458 e. The van der Waals surface area contributed by atoms with Gasteiger partial charge in [-0.3, -0.25) is 8.98 Å². The van der Waals surface area contributed by atoms with Gasteiger partial charge in [-0.25, -0.2) is 0 Å². The van der Waals surface area contributed by atoms with Crippen molar-refractivity contribution in [1.29, 1.82) is 0 Å². The van der Waals surface area contributed by atoms with E-state index >= 15 is 0 Å². The minimum absolute atomic E-state index is 0.0117. The summed E-state index contributed by atoms with van der Waals surface area (Å²) in [5.41, 5.74) is 0.990. The molecule has 1 saturated heterocycles. The lowest BCUT2D eigenvalue weighted by Gasteiger charge is -2.25. The minimum Gasteiger partial charge on any atom is -0.458 e. The molecule has 1 aromatic carbocycles. The van der Waals surface area contributed by atoms with E-state index in [-0.39, 0.29) is 29.5 Å². The van der Waals surface area contributed by atoms with Crippen LogP contribution in [0.3, 0.4) is 0 Å². The standard InChI is InChI=1S/C18H24O5S/c1-3-15-9-10-16(23-18(15)19)6-4-5-13-22-24(20,21)17-11-7-14(2)8-12-17/h4,6-8,11-12,15-16H,3,5,9-10,13H2,1-2H3/b6-4+. The summed E-state index contributed by atoms with van der Waals surface area (Å²) in [6.07, 6.45) is 6.29. The molecule has 1 aliphatic rings. The molecule has 2 rings (SSSR count). The van der Waals surface area contributed by atoms with E-state index in [1.54, 1.807) is 18.2 Å². The topological polar surface area (TPSA) is 69.7 Å². The number of esters is 1. The Morgan fingerprint density at radius 2 is 1.96 bits per heavy atom. The molecule has 0 spiro atoms. The monoisotopic (exact) mass is 352 g/mol. The number of carbonyl (C=O) groups excluding carboxylic acids is 1. The van der Waals surface area contributed by atoms with Crippen molar-refractivity contribution in [3.8, 4) is 0 Å². The molecule has 1 fully saturated rings. The average Bonchev–Trinajstić information content (AvgIpc) is 2.55. The Kier molecular flexibility index (Phi) is 6.57. The second-order valence-electron chi connectivity index (χ2n) is 5.96. The fourth-order valence-corrected chi connectivity index (χ4v) is 3.46. The predicted molar refractivity (Wildman–Crippen MR) is 91.0 cm³/mol. The van der Waals surface area contributed by atoms with E-state index in [9.17, 15) is 13.2 Å². The molecule has 1 heterocycles. The third-order valence-corrected chi connectivity index (χ3v) is 5.40. The van der Waals surface area contributed by atoms with Gasteiger partial charge < -0.3 is 4.74 Å². The molecular weight excluding hydrogens is 328 g/mol. The maximum Gasteiger partial charge on any atom is 0.309 e. The predicted octanol–water partition coefficient (Wildman–Crippen LogP) is 3.38. The first-order valence-electron chi connectivity index (χ1n) is 8.25. The molecule has 0 amide bonds. The molecule has 5 nitrogen and oxygen atoms in total. The molecule has 132 valence electrons. The summed E-state index contributed by atoms with van der Waals surface area (Å²) in [7, 11) is -3.72. The van der Waals surface area contributed by atoms with E-state index in [0.29, 0.717) is 6.42 Å². The second kappa shape index (κ2) is 8.44. The Balaban J connectivity index is 1.76. The molecule has 2 atom stereocenters. The van der Waals surface area contributed by atoms with Gasteiger partial charge in [0.15, 0.2) is 0 Å². The first-order valence-corrected chi connectivity index (χ1v) is 9.66. The molecular formula is C18H24O5S. The molecule has 6 heteroatoms. The highest BCUT2D eigenvalue weighted by atomic mass is 32.2. The Morgan fingerprint density at radius 3 is 2.58 bits per heavy atom. The molecule has 24 heavy (non-hydrogen) atoms. The van der Waals surface area contributed by atoms with Gasteiger partial charge in [-0.1, -0.05) is 30.7 Å². The number of benzene rings is 1. The van der Waals surface area contributed by atoms with Gasteiger partial charge in [-0.05, 0) is 50.8 Å². The molecule has 1 aliphatic heterocycles. The van der Waals surface area contributed by atoms with E-state index in [2.05, 4.69) is 0 Å². The summed E-state index contributed by atoms with van der Waals surface area (Å²) < 4.78 is 34.4. The quantitative estimate of drug-likeness (QED) is 0.326. The number of hydrogen-bond donors (Lipinski definition) is 0. The van der Waals surface area contributed by atoms with Crippen LogP contribution in [0.4, 0.5) is 0 Å². The zero-order chi connectivity index (χ0) is 17.6. The lowest BCUT2D eigenvalue weighted by atomic mass is 9.95. The van der Waals surface area contributed by atoms with E-state index in [4.69, 9.17) is 8.92 Å². The van der Waals surface area contributed by atoms with Crippen LogP contribution in [0.1, 0.15) is 38.2 Å². The van der Waals surface area contributed by atoms with Crippen LogP contribution in [0.25, 0.3) is 0 Å². The van der Waals surface area contributed by atoms with Crippen molar-refractivity contribution >= 4 is 16.1 Å². The molecule has 1 aromatic rings. The van der Waals surface area contributed by atoms with Crippen LogP contribution < -0.4 is 0 Å². The highest BCUT2D eigenvalue weighted by Crippen LogP contribution is 2.23. The molecule has 0 N–H and O–H groups in total. The summed E-state index contributed by atoms with van der Waals surface area (Å²) in [4.78, 5) is 11.8. The number of carbonyl (C=O) groups is 1. The third-order valence-electron chi connectivity index (χ3n) is 4.08. The van der Waals surface area contributed by atoms with Gasteiger partial charge in [0.2, 0.25) is 0 Å². The first kappa shape index (κ1) is 18.7. The third kappa shape index (κ3) is 5.18. The average molecular weight is 352 g/mol. The highest BCUT2D eigenvalue weighted by Gasteiger charge is 2.27. The lowest BCUT2D eigenvalue weighted by Crippen LogP contribution is -2.29. The molecule has 0 saturated carbocycles. The maximum absolute atomic E-state index is 12.0. The fraction of sp³-hybridized carbons (Fsp3) is 0.500. The number of cyclic esters (lactones) is 1. The number of aryl methyl sites for hydroxylation is 1. The van der Waals surface area contributed by atoms with E-state index in [0.717, 1.165) is 24.8 Å². The van der Waals surface area contributed by atoms with Crippen molar-refractivity contribution in [1.82, 2.24) is 0 Å². The number of ether oxygens (including phenoxy) is 1. The van der Waals surface area contributed by atoms with Gasteiger partial charge >= 0.3 is 5.97 Å². The Labute approximate surface area is 143 Å². The Hall–Kier alpha value is -1.66. The van der Waals surface area contributed by atoms with E-state index < -0.39 is 10.1 Å². The lowest BCUT2D eigenvalue weighted by molar-refractivity contribution is -0.157. The van der Waals surface area contributed by atoms with Crippen LogP contribution >= 0.6 is 0 Å². The summed E-state index contributed by atoms with van der Waals surface area (Å²) in [6.45, 7) is 3.93. The fourth-order valence-electron chi connectivity index (χ4n) is 2.54. The van der Waals surface area contributed by atoms with Crippen molar-refractivity contribution in [2.45, 2.75) is 50.5 Å². The highest BCUT2D eigenvalue weighted by molar-refractivity contribution is 7.86. The zero-order valence-corrected chi connectivity index (χ0v) is 14.9. The minimum atomic E-state index is -3.72. The van der Waals surface area contributed by atoms with Crippen molar-refractivity contribution in [3.63, 3.8) is 0 Å². The zero-order valence-electron chi connectivity index (χ0n) is 14.1. The summed E-state index contributed by atoms with van der Waals surface area (Å²) >= 11 is 0. The smallest absolute Gasteiger partial charge is 0.309 e. The Morgan fingerprint density at radius 1 is 1.25 bits per heavy atom. The van der Waals surface area contributed by atoms with Gasteiger partial charge in [0.1, 0.15) is 6.10 Å². The summed E-state index contributed by atoms with van der Waals surface area (Å²) in [5.74, 6) is -0.130. The molecule has 2 unspecified atom stereocenters. The van der Waals surface area contributed by atoms with E-state index in [1.165, 1.54) is 12.1 Å². The van der Waals surface area contributed by atoms with Crippen molar-refractivity contribution < 1.29 is 22.1 Å². The Bertz CT molecular complexity index is 676. The van der Waals surface area contributed by atoms with Crippen LogP contribution in [-0.4, -0.2) is 27.1 Å². The molecule has 0 aliphatic carbocycles. The van der Waals surface area contributed by atoms with E-state index in [1.807, 2.05) is 19.9 Å². The van der Waals surface area contributed by atoms with Crippen LogP contribution in [-0.2, 0) is 23.8 Å². The SMILES string of the molecule is CCC1CCC(/C=C/CCOS(=O)(=O)c2ccc(C)cc2)OC1=O. The van der Waals surface area contributed by atoms with Crippen molar-refractivity contribution in [2.24, 2.45) is 5.92 Å². The van der Waals surface area contributed by atoms with Gasteiger partial charge in [0.05, 0.1) is 17.4 Å². The molecule has 0 radical (unpaired) electrons. The number of rotatable bonds is 7. The number of hydrogen-bond acceptors (Lipinski definition) is 5. The molecule has 0 bridgehead atoms. The normalized spacial score (nSPS) is 21.8.